The zero-order valence-corrected chi connectivity index (χ0v) is 24.2. The van der Waals surface area contributed by atoms with Crippen LogP contribution in [0.3, 0.4) is 0 Å². The number of rotatable bonds is 8. The molecule has 204 valence electrons. The molecule has 2 heterocycles. The molecule has 12 heteroatoms. The number of benzene rings is 3. The predicted octanol–water partition coefficient (Wildman–Crippen LogP) is 5.69. The number of nitrogens with one attached hydrogen (secondary N) is 1. The van der Waals surface area contributed by atoms with Crippen molar-refractivity contribution in [3.05, 3.63) is 81.8 Å². The first kappa shape index (κ1) is 27.8. The third-order valence-electron chi connectivity index (χ3n) is 6.37. The van der Waals surface area contributed by atoms with Crippen molar-refractivity contribution < 1.29 is 17.9 Å². The molecule has 3 aromatic carbocycles. The van der Waals surface area contributed by atoms with Gasteiger partial charge in [0.15, 0.2) is 5.13 Å². The Morgan fingerprint density at radius 1 is 1.05 bits per heavy atom. The van der Waals surface area contributed by atoms with Gasteiger partial charge in [-0.05, 0) is 73.2 Å². The monoisotopic (exact) mass is 604 g/mol. The molecule has 0 radical (unpaired) electrons. The van der Waals surface area contributed by atoms with Crippen LogP contribution < -0.4 is 9.62 Å². The van der Waals surface area contributed by atoms with Crippen molar-refractivity contribution in [1.29, 1.82) is 0 Å². The number of anilines is 2. The van der Waals surface area contributed by atoms with Gasteiger partial charge in [-0.15, -0.1) is 0 Å². The van der Waals surface area contributed by atoms with E-state index in [0.29, 0.717) is 52.7 Å². The van der Waals surface area contributed by atoms with Gasteiger partial charge in [0.1, 0.15) is 0 Å². The number of amides is 1. The minimum absolute atomic E-state index is 0.0903. The van der Waals surface area contributed by atoms with E-state index in [-0.39, 0.29) is 10.8 Å². The van der Waals surface area contributed by atoms with Crippen LogP contribution in [0, 0.1) is 6.92 Å². The molecule has 0 saturated carbocycles. The van der Waals surface area contributed by atoms with Gasteiger partial charge in [-0.25, -0.2) is 13.4 Å². The van der Waals surface area contributed by atoms with Crippen LogP contribution in [-0.2, 0) is 14.8 Å². The van der Waals surface area contributed by atoms with E-state index >= 15 is 0 Å². The summed E-state index contributed by atoms with van der Waals surface area (Å²) in [5, 5.41) is 1.65. The third-order valence-corrected chi connectivity index (χ3v) is 9.26. The van der Waals surface area contributed by atoms with E-state index in [2.05, 4.69) is 9.62 Å². The summed E-state index contributed by atoms with van der Waals surface area (Å²) in [7, 11) is -3.80. The topological polar surface area (TPSA) is 91.8 Å². The van der Waals surface area contributed by atoms with Crippen molar-refractivity contribution in [2.75, 3.05) is 49.0 Å². The van der Waals surface area contributed by atoms with Gasteiger partial charge in [-0.1, -0.05) is 34.5 Å². The average molecular weight is 606 g/mol. The van der Waals surface area contributed by atoms with Crippen LogP contribution in [0.4, 0.5) is 10.8 Å². The largest absolute Gasteiger partial charge is 0.379 e. The van der Waals surface area contributed by atoms with Gasteiger partial charge in [-0.2, -0.15) is 0 Å². The Balaban J connectivity index is 1.39. The van der Waals surface area contributed by atoms with Crippen LogP contribution in [0.25, 0.3) is 10.2 Å². The lowest BCUT2D eigenvalue weighted by Crippen LogP contribution is -2.43. The summed E-state index contributed by atoms with van der Waals surface area (Å²) in [4.78, 5) is 22.6. The van der Waals surface area contributed by atoms with E-state index < -0.39 is 10.0 Å². The molecule has 0 spiro atoms. The molecule has 1 aliphatic heterocycles. The summed E-state index contributed by atoms with van der Waals surface area (Å²) in [6, 6.07) is 16.0. The Hall–Kier alpha value is -2.73. The first-order valence-electron chi connectivity index (χ1n) is 12.3. The number of fused-ring (bicyclic) bond motifs is 1. The van der Waals surface area contributed by atoms with Gasteiger partial charge in [0.2, 0.25) is 0 Å². The van der Waals surface area contributed by atoms with E-state index in [9.17, 15) is 13.2 Å². The zero-order valence-electron chi connectivity index (χ0n) is 21.1. The maximum atomic E-state index is 13.8. The number of sulfonamides is 1. The molecule has 39 heavy (non-hydrogen) atoms. The second kappa shape index (κ2) is 11.8. The lowest BCUT2D eigenvalue weighted by atomic mass is 10.2. The summed E-state index contributed by atoms with van der Waals surface area (Å²) in [5.74, 6) is -0.224. The average Bonchev–Trinajstić information content (AvgIpc) is 3.34. The maximum Gasteiger partial charge on any atom is 0.261 e. The highest BCUT2D eigenvalue weighted by Gasteiger charge is 2.24. The Labute approximate surface area is 241 Å². The van der Waals surface area contributed by atoms with Crippen LogP contribution >= 0.6 is 34.5 Å². The molecule has 4 aromatic rings. The quantitative estimate of drug-likeness (QED) is 0.278. The van der Waals surface area contributed by atoms with E-state index in [1.165, 1.54) is 35.6 Å². The second-order valence-corrected chi connectivity index (χ2v) is 12.7. The molecule has 0 atom stereocenters. The van der Waals surface area contributed by atoms with Crippen LogP contribution in [0.5, 0.6) is 0 Å². The Morgan fingerprint density at radius 3 is 2.44 bits per heavy atom. The molecule has 1 amide bonds. The van der Waals surface area contributed by atoms with E-state index in [1.807, 2.05) is 19.1 Å². The van der Waals surface area contributed by atoms with Crippen molar-refractivity contribution in [3.63, 3.8) is 0 Å². The van der Waals surface area contributed by atoms with Crippen LogP contribution in [-0.4, -0.2) is 63.6 Å². The summed E-state index contributed by atoms with van der Waals surface area (Å²) in [5.41, 5.74) is 2.51. The maximum absolute atomic E-state index is 13.8. The summed E-state index contributed by atoms with van der Waals surface area (Å²) < 4.78 is 34.4. The number of hydrogen-bond donors (Lipinski definition) is 1. The first-order valence-corrected chi connectivity index (χ1v) is 15.3. The molecule has 5 rings (SSSR count). The van der Waals surface area contributed by atoms with E-state index in [0.717, 1.165) is 28.9 Å². The smallest absolute Gasteiger partial charge is 0.261 e. The standard InChI is InChI=1S/C27H26Cl2N4O4S2/c1-18-16-21(29)17-24-25(18)30-27(38-24)33(11-10-32-12-14-37-15-13-32)26(34)19-2-6-22(7-3-19)31-39(35,36)23-8-4-20(28)5-9-23/h2-9,16-17,31H,10-15H2,1H3. The van der Waals surface area contributed by atoms with Crippen molar-refractivity contribution in [2.24, 2.45) is 0 Å². The first-order chi connectivity index (χ1) is 18.7. The van der Waals surface area contributed by atoms with Gasteiger partial charge in [0, 0.05) is 47.5 Å². The fraction of sp³-hybridized carbons (Fsp3) is 0.259. The molecule has 1 aliphatic rings. The Kier molecular flexibility index (Phi) is 8.41. The van der Waals surface area contributed by atoms with Gasteiger partial charge in [0.25, 0.3) is 15.9 Å². The van der Waals surface area contributed by atoms with E-state index in [1.54, 1.807) is 29.2 Å². The number of morpholine rings is 1. The van der Waals surface area contributed by atoms with Gasteiger partial charge in [0.05, 0.1) is 28.3 Å². The number of carbonyl (C=O) groups excluding carboxylic acids is 1. The number of aromatic nitrogens is 1. The minimum Gasteiger partial charge on any atom is -0.379 e. The van der Waals surface area contributed by atoms with Crippen molar-refractivity contribution >= 4 is 71.5 Å². The number of halogens is 2. The van der Waals surface area contributed by atoms with Gasteiger partial charge in [-0.3, -0.25) is 19.3 Å². The molecule has 1 N–H and O–H groups in total. The van der Waals surface area contributed by atoms with Crippen LogP contribution in [0.15, 0.2) is 65.6 Å². The molecule has 1 aromatic heterocycles. The number of nitrogens with zero attached hydrogens (tertiary/aromatic N) is 3. The van der Waals surface area contributed by atoms with Crippen molar-refractivity contribution in [3.8, 4) is 0 Å². The molecule has 8 nitrogen and oxygen atoms in total. The molecular formula is C27H26Cl2N4O4S2. The lowest BCUT2D eigenvalue weighted by molar-refractivity contribution is 0.0391. The SMILES string of the molecule is Cc1cc(Cl)cc2sc(N(CCN3CCOCC3)C(=O)c3ccc(NS(=O)(=O)c4ccc(Cl)cc4)cc3)nc12. The highest BCUT2D eigenvalue weighted by atomic mass is 35.5. The lowest BCUT2D eigenvalue weighted by Gasteiger charge is -2.29. The number of thiazole rings is 1. The molecular weight excluding hydrogens is 579 g/mol. The minimum atomic E-state index is -3.80. The van der Waals surface area contributed by atoms with Gasteiger partial charge >= 0.3 is 0 Å². The Morgan fingerprint density at radius 2 is 1.74 bits per heavy atom. The normalized spacial score (nSPS) is 14.4. The molecule has 0 bridgehead atoms. The molecule has 1 saturated heterocycles. The summed E-state index contributed by atoms with van der Waals surface area (Å²) in [6.45, 7) is 6.00. The van der Waals surface area contributed by atoms with Gasteiger partial charge < -0.3 is 4.74 Å². The molecule has 0 unspecified atom stereocenters. The highest BCUT2D eigenvalue weighted by Crippen LogP contribution is 2.34. The third kappa shape index (κ3) is 6.54. The number of carbonyl (C=O) groups is 1. The summed E-state index contributed by atoms with van der Waals surface area (Å²) >= 11 is 13.6. The second-order valence-electron chi connectivity index (χ2n) is 9.11. The predicted molar refractivity (Wildman–Crippen MR) is 157 cm³/mol. The summed E-state index contributed by atoms with van der Waals surface area (Å²) in [6.07, 6.45) is 0. The number of ether oxygens (including phenoxy) is 1. The van der Waals surface area contributed by atoms with Crippen LogP contribution in [0.1, 0.15) is 15.9 Å². The fourth-order valence-corrected chi connectivity index (χ4v) is 6.90. The number of aryl methyl sites for hydroxylation is 1. The fourth-order valence-electron chi connectivity index (χ4n) is 4.27. The van der Waals surface area contributed by atoms with Crippen molar-refractivity contribution in [2.45, 2.75) is 11.8 Å². The van der Waals surface area contributed by atoms with Crippen LogP contribution in [0.2, 0.25) is 10.0 Å². The molecule has 1 fully saturated rings. The number of hydrogen-bond acceptors (Lipinski definition) is 7. The van der Waals surface area contributed by atoms with Crippen molar-refractivity contribution in [1.82, 2.24) is 9.88 Å². The Bertz CT molecular complexity index is 1590. The van der Waals surface area contributed by atoms with E-state index in [4.69, 9.17) is 32.9 Å². The highest BCUT2D eigenvalue weighted by molar-refractivity contribution is 7.92. The zero-order chi connectivity index (χ0) is 27.6. The molecule has 0 aliphatic carbocycles.